The van der Waals surface area contributed by atoms with E-state index in [4.69, 9.17) is 0 Å². The number of nitrogens with zero attached hydrogens (tertiary/aromatic N) is 2. The summed E-state index contributed by atoms with van der Waals surface area (Å²) >= 11 is 0. The highest BCUT2D eigenvalue weighted by atomic mass is 16.2. The molecule has 2 aliphatic rings. The van der Waals surface area contributed by atoms with Gasteiger partial charge in [-0.2, -0.15) is 0 Å². The van der Waals surface area contributed by atoms with Crippen LogP contribution >= 0.6 is 0 Å². The SMILES string of the molecule is CNC(=O)c1ccc(C(=O)N2CCCC(CNC(=O)C3CCCN3)C2)cn1. The molecule has 8 nitrogen and oxygen atoms in total. The van der Waals surface area contributed by atoms with Gasteiger partial charge in [0.1, 0.15) is 5.69 Å². The van der Waals surface area contributed by atoms with Gasteiger partial charge in [-0.3, -0.25) is 19.4 Å². The van der Waals surface area contributed by atoms with Crippen LogP contribution in [0.1, 0.15) is 46.5 Å². The second-order valence-corrected chi connectivity index (χ2v) is 7.16. The summed E-state index contributed by atoms with van der Waals surface area (Å²) in [6, 6.07) is 3.12. The lowest BCUT2D eigenvalue weighted by molar-refractivity contribution is -0.123. The van der Waals surface area contributed by atoms with Gasteiger partial charge in [0.25, 0.3) is 11.8 Å². The normalized spacial score (nSPS) is 22.3. The van der Waals surface area contributed by atoms with Gasteiger partial charge in [0, 0.05) is 32.9 Å². The fourth-order valence-corrected chi connectivity index (χ4v) is 3.66. The first-order valence-corrected chi connectivity index (χ1v) is 9.57. The molecule has 3 rings (SSSR count). The van der Waals surface area contributed by atoms with Crippen molar-refractivity contribution in [1.82, 2.24) is 25.8 Å². The maximum atomic E-state index is 12.7. The molecule has 0 radical (unpaired) electrons. The Hall–Kier alpha value is -2.48. The van der Waals surface area contributed by atoms with E-state index in [-0.39, 0.29) is 35.4 Å². The molecule has 0 bridgehead atoms. The van der Waals surface area contributed by atoms with E-state index in [0.717, 1.165) is 32.2 Å². The molecule has 2 saturated heterocycles. The third-order valence-electron chi connectivity index (χ3n) is 5.22. The Bertz CT molecular complexity index is 685. The van der Waals surface area contributed by atoms with Crippen LogP contribution in [-0.2, 0) is 4.79 Å². The number of carbonyl (C=O) groups excluding carboxylic acids is 3. The van der Waals surface area contributed by atoms with E-state index in [1.54, 1.807) is 19.2 Å². The summed E-state index contributed by atoms with van der Waals surface area (Å²) in [7, 11) is 1.54. The maximum Gasteiger partial charge on any atom is 0.269 e. The zero-order chi connectivity index (χ0) is 19.2. The van der Waals surface area contributed by atoms with Crippen molar-refractivity contribution in [3.05, 3.63) is 29.6 Å². The van der Waals surface area contributed by atoms with Crippen molar-refractivity contribution in [3.8, 4) is 0 Å². The Morgan fingerprint density at radius 2 is 2.11 bits per heavy atom. The van der Waals surface area contributed by atoms with Crippen LogP contribution in [0.2, 0.25) is 0 Å². The minimum atomic E-state index is -0.278. The first-order valence-electron chi connectivity index (χ1n) is 9.57. The Morgan fingerprint density at radius 1 is 1.26 bits per heavy atom. The van der Waals surface area contributed by atoms with Gasteiger partial charge in [-0.15, -0.1) is 0 Å². The van der Waals surface area contributed by atoms with Crippen LogP contribution in [0, 0.1) is 5.92 Å². The molecule has 0 aliphatic carbocycles. The average molecular weight is 373 g/mol. The lowest BCUT2D eigenvalue weighted by Crippen LogP contribution is -2.46. The molecule has 8 heteroatoms. The van der Waals surface area contributed by atoms with E-state index in [2.05, 4.69) is 20.9 Å². The summed E-state index contributed by atoms with van der Waals surface area (Å²) in [5.41, 5.74) is 0.760. The van der Waals surface area contributed by atoms with E-state index in [0.29, 0.717) is 25.2 Å². The summed E-state index contributed by atoms with van der Waals surface area (Å²) in [6.45, 7) is 2.81. The molecule has 2 aliphatic heterocycles. The van der Waals surface area contributed by atoms with E-state index in [9.17, 15) is 14.4 Å². The second-order valence-electron chi connectivity index (χ2n) is 7.16. The molecular weight excluding hydrogens is 346 g/mol. The van der Waals surface area contributed by atoms with Crippen LogP contribution < -0.4 is 16.0 Å². The highest BCUT2D eigenvalue weighted by Crippen LogP contribution is 2.18. The number of likely N-dealkylation sites (tertiary alicyclic amines) is 1. The largest absolute Gasteiger partial charge is 0.354 e. The van der Waals surface area contributed by atoms with Crippen molar-refractivity contribution < 1.29 is 14.4 Å². The summed E-state index contributed by atoms with van der Waals surface area (Å²) < 4.78 is 0. The first kappa shape index (κ1) is 19.3. The van der Waals surface area contributed by atoms with Crippen LogP contribution in [0.25, 0.3) is 0 Å². The molecule has 3 heterocycles. The maximum absolute atomic E-state index is 12.7. The van der Waals surface area contributed by atoms with Gasteiger partial charge in [0.15, 0.2) is 0 Å². The molecule has 3 amide bonds. The van der Waals surface area contributed by atoms with Gasteiger partial charge in [0.05, 0.1) is 11.6 Å². The van der Waals surface area contributed by atoms with Crippen LogP contribution in [-0.4, -0.2) is 66.9 Å². The van der Waals surface area contributed by atoms with E-state index in [1.807, 2.05) is 4.90 Å². The highest BCUT2D eigenvalue weighted by molar-refractivity contribution is 5.96. The fraction of sp³-hybridized carbons (Fsp3) is 0.579. The van der Waals surface area contributed by atoms with Crippen molar-refractivity contribution in [1.29, 1.82) is 0 Å². The van der Waals surface area contributed by atoms with Gasteiger partial charge in [-0.05, 0) is 50.3 Å². The number of carbonyl (C=O) groups is 3. The standard InChI is InChI=1S/C19H27N5O3/c1-20-17(25)16-7-6-14(11-22-16)19(27)24-9-3-4-13(12-24)10-23-18(26)15-5-2-8-21-15/h6-7,11,13,15,21H,2-5,8-10,12H2,1H3,(H,20,25)(H,23,26). The van der Waals surface area contributed by atoms with Gasteiger partial charge < -0.3 is 20.9 Å². The molecule has 0 spiro atoms. The predicted octanol–water partition coefficient (Wildman–Crippen LogP) is 0.162. The number of aromatic nitrogens is 1. The van der Waals surface area contributed by atoms with Crippen molar-refractivity contribution >= 4 is 17.7 Å². The van der Waals surface area contributed by atoms with E-state index >= 15 is 0 Å². The lowest BCUT2D eigenvalue weighted by atomic mass is 9.97. The average Bonchev–Trinajstić information content (AvgIpc) is 3.26. The summed E-state index contributed by atoms with van der Waals surface area (Å²) in [5, 5.41) is 8.73. The molecular formula is C19H27N5O3. The van der Waals surface area contributed by atoms with Gasteiger partial charge in [0.2, 0.25) is 5.91 Å². The summed E-state index contributed by atoms with van der Waals surface area (Å²) in [6.07, 6.45) is 5.29. The smallest absolute Gasteiger partial charge is 0.269 e. The zero-order valence-electron chi connectivity index (χ0n) is 15.7. The molecule has 3 N–H and O–H groups in total. The number of amides is 3. The van der Waals surface area contributed by atoms with Crippen LogP contribution in [0.4, 0.5) is 0 Å². The number of hydrogen-bond acceptors (Lipinski definition) is 5. The number of pyridine rings is 1. The fourth-order valence-electron chi connectivity index (χ4n) is 3.66. The third kappa shape index (κ3) is 4.82. The van der Waals surface area contributed by atoms with Crippen molar-refractivity contribution in [2.24, 2.45) is 5.92 Å². The van der Waals surface area contributed by atoms with Crippen LogP contribution in [0.5, 0.6) is 0 Å². The first-order chi connectivity index (χ1) is 13.1. The number of hydrogen-bond donors (Lipinski definition) is 3. The minimum absolute atomic E-state index is 0.0601. The van der Waals surface area contributed by atoms with Crippen molar-refractivity contribution in [3.63, 3.8) is 0 Å². The topological polar surface area (TPSA) is 103 Å². The molecule has 0 aromatic carbocycles. The number of nitrogens with one attached hydrogen (secondary N) is 3. The van der Waals surface area contributed by atoms with Gasteiger partial charge in [-0.25, -0.2) is 0 Å². The Labute approximate surface area is 159 Å². The highest BCUT2D eigenvalue weighted by Gasteiger charge is 2.27. The number of rotatable bonds is 5. The molecule has 2 fully saturated rings. The molecule has 146 valence electrons. The van der Waals surface area contributed by atoms with Crippen molar-refractivity contribution in [2.75, 3.05) is 33.2 Å². The Kier molecular flexibility index (Phi) is 6.39. The molecule has 2 unspecified atom stereocenters. The monoisotopic (exact) mass is 373 g/mol. The lowest BCUT2D eigenvalue weighted by Gasteiger charge is -2.33. The zero-order valence-corrected chi connectivity index (χ0v) is 15.7. The number of piperidine rings is 1. The Morgan fingerprint density at radius 3 is 2.78 bits per heavy atom. The van der Waals surface area contributed by atoms with Crippen LogP contribution in [0.3, 0.4) is 0 Å². The predicted molar refractivity (Wildman–Crippen MR) is 100 cm³/mol. The van der Waals surface area contributed by atoms with E-state index in [1.165, 1.54) is 6.20 Å². The Balaban J connectivity index is 1.53. The van der Waals surface area contributed by atoms with E-state index < -0.39 is 0 Å². The quantitative estimate of drug-likeness (QED) is 0.682. The molecule has 27 heavy (non-hydrogen) atoms. The molecule has 1 aromatic rings. The van der Waals surface area contributed by atoms with Crippen LogP contribution in [0.15, 0.2) is 18.3 Å². The van der Waals surface area contributed by atoms with Gasteiger partial charge in [-0.1, -0.05) is 0 Å². The molecule has 1 aromatic heterocycles. The summed E-state index contributed by atoms with van der Waals surface area (Å²) in [4.78, 5) is 42.3. The molecule has 0 saturated carbocycles. The molecule has 2 atom stereocenters. The van der Waals surface area contributed by atoms with Crippen molar-refractivity contribution in [2.45, 2.75) is 31.7 Å². The second kappa shape index (κ2) is 8.94. The minimum Gasteiger partial charge on any atom is -0.354 e. The van der Waals surface area contributed by atoms with Gasteiger partial charge >= 0.3 is 0 Å². The summed E-state index contributed by atoms with van der Waals surface area (Å²) in [5.74, 6) is -0.0462. The third-order valence-corrected chi connectivity index (χ3v) is 5.22.